The fourth-order valence-electron chi connectivity index (χ4n) is 1.89. The number of aryl methyl sites for hydroxylation is 2. The highest BCUT2D eigenvalue weighted by atomic mass is 32.1. The van der Waals surface area contributed by atoms with Gasteiger partial charge >= 0.3 is 0 Å². The Morgan fingerprint density at radius 2 is 2.11 bits per heavy atom. The average Bonchev–Trinajstić information content (AvgIpc) is 2.37. The maximum Gasteiger partial charge on any atom is 0.125 e. The van der Waals surface area contributed by atoms with Crippen molar-refractivity contribution >= 4 is 22.9 Å². The first-order valence-corrected chi connectivity index (χ1v) is 6.40. The third-order valence-electron chi connectivity index (χ3n) is 2.82. The number of nitrogens with zero attached hydrogens (tertiary/aromatic N) is 2. The molecule has 0 fully saturated rings. The molecule has 0 atom stereocenters. The lowest BCUT2D eigenvalue weighted by Crippen LogP contribution is -2.14. The van der Waals surface area contributed by atoms with Gasteiger partial charge in [0.1, 0.15) is 10.8 Å². The van der Waals surface area contributed by atoms with E-state index in [0.29, 0.717) is 11.5 Å². The van der Waals surface area contributed by atoms with Crippen LogP contribution in [0.2, 0.25) is 0 Å². The SMILES string of the molecule is Cc1nccc(CNc2c(C)cccc2C(N)=S)n1. The predicted octanol–water partition coefficient (Wildman–Crippen LogP) is 2.34. The van der Waals surface area contributed by atoms with Crippen molar-refractivity contribution in [1.82, 2.24) is 9.97 Å². The van der Waals surface area contributed by atoms with Gasteiger partial charge in [0, 0.05) is 17.4 Å². The number of thiocarbonyl (C=S) groups is 1. The Morgan fingerprint density at radius 1 is 1.32 bits per heavy atom. The molecule has 0 spiro atoms. The van der Waals surface area contributed by atoms with Crippen molar-refractivity contribution in [3.8, 4) is 0 Å². The van der Waals surface area contributed by atoms with Gasteiger partial charge in [-0.1, -0.05) is 24.4 Å². The van der Waals surface area contributed by atoms with Crippen LogP contribution in [0.15, 0.2) is 30.5 Å². The van der Waals surface area contributed by atoms with Crippen molar-refractivity contribution in [2.24, 2.45) is 5.73 Å². The molecule has 2 aromatic rings. The summed E-state index contributed by atoms with van der Waals surface area (Å²) in [6, 6.07) is 7.78. The van der Waals surface area contributed by atoms with Crippen molar-refractivity contribution < 1.29 is 0 Å². The van der Waals surface area contributed by atoms with Gasteiger partial charge in [0.15, 0.2) is 0 Å². The Morgan fingerprint density at radius 3 is 2.79 bits per heavy atom. The number of hydrogen-bond donors (Lipinski definition) is 2. The molecule has 2 rings (SSSR count). The third kappa shape index (κ3) is 3.26. The number of anilines is 1. The molecule has 1 aromatic heterocycles. The Hall–Kier alpha value is -2.01. The van der Waals surface area contributed by atoms with E-state index in [2.05, 4.69) is 15.3 Å². The van der Waals surface area contributed by atoms with E-state index >= 15 is 0 Å². The fourth-order valence-corrected chi connectivity index (χ4v) is 2.06. The molecule has 98 valence electrons. The Labute approximate surface area is 118 Å². The normalized spacial score (nSPS) is 10.2. The lowest BCUT2D eigenvalue weighted by atomic mass is 10.1. The summed E-state index contributed by atoms with van der Waals surface area (Å²) in [5.41, 5.74) is 9.61. The van der Waals surface area contributed by atoms with Crippen LogP contribution in [-0.4, -0.2) is 15.0 Å². The van der Waals surface area contributed by atoms with Crippen LogP contribution in [0.5, 0.6) is 0 Å². The standard InChI is InChI=1S/C14H16N4S/c1-9-4-3-5-12(14(15)19)13(9)17-8-11-6-7-16-10(2)18-11/h3-7,17H,8H2,1-2H3,(H2,15,19). The average molecular weight is 272 g/mol. The Kier molecular flexibility index (Phi) is 4.06. The lowest BCUT2D eigenvalue weighted by Gasteiger charge is -2.13. The predicted molar refractivity (Wildman–Crippen MR) is 81.2 cm³/mol. The van der Waals surface area contributed by atoms with E-state index in [1.54, 1.807) is 6.20 Å². The molecule has 3 N–H and O–H groups in total. The monoisotopic (exact) mass is 272 g/mol. The summed E-state index contributed by atoms with van der Waals surface area (Å²) in [5.74, 6) is 0.763. The van der Waals surface area contributed by atoms with Gasteiger partial charge in [-0.25, -0.2) is 9.97 Å². The van der Waals surface area contributed by atoms with Gasteiger partial charge in [0.25, 0.3) is 0 Å². The summed E-state index contributed by atoms with van der Waals surface area (Å²) in [5, 5.41) is 3.35. The van der Waals surface area contributed by atoms with E-state index in [1.165, 1.54) is 0 Å². The number of benzene rings is 1. The second-order valence-corrected chi connectivity index (χ2v) is 4.75. The number of aromatic nitrogens is 2. The largest absolute Gasteiger partial charge is 0.389 e. The van der Waals surface area contributed by atoms with Crippen molar-refractivity contribution in [1.29, 1.82) is 0 Å². The van der Waals surface area contributed by atoms with Gasteiger partial charge < -0.3 is 11.1 Å². The molecule has 0 aliphatic rings. The number of nitrogens with one attached hydrogen (secondary N) is 1. The summed E-state index contributed by atoms with van der Waals surface area (Å²) in [7, 11) is 0. The molecule has 0 saturated carbocycles. The highest BCUT2D eigenvalue weighted by Crippen LogP contribution is 2.21. The quantitative estimate of drug-likeness (QED) is 0.836. The molecule has 19 heavy (non-hydrogen) atoms. The summed E-state index contributed by atoms with van der Waals surface area (Å²) >= 11 is 5.07. The summed E-state index contributed by atoms with van der Waals surface area (Å²) in [6.45, 7) is 4.51. The smallest absolute Gasteiger partial charge is 0.125 e. The van der Waals surface area contributed by atoms with Crippen LogP contribution in [0, 0.1) is 13.8 Å². The zero-order valence-corrected chi connectivity index (χ0v) is 11.8. The fraction of sp³-hybridized carbons (Fsp3) is 0.214. The highest BCUT2D eigenvalue weighted by Gasteiger charge is 2.07. The molecule has 4 nitrogen and oxygen atoms in total. The van der Waals surface area contributed by atoms with E-state index in [1.807, 2.05) is 38.1 Å². The van der Waals surface area contributed by atoms with Crippen LogP contribution in [-0.2, 0) is 6.54 Å². The number of nitrogens with two attached hydrogens (primary N) is 1. The molecule has 1 aromatic carbocycles. The summed E-state index contributed by atoms with van der Waals surface area (Å²) < 4.78 is 0. The second kappa shape index (κ2) is 5.75. The molecule has 5 heteroatoms. The van der Waals surface area contributed by atoms with E-state index < -0.39 is 0 Å². The van der Waals surface area contributed by atoms with Gasteiger partial charge in [-0.05, 0) is 31.5 Å². The van der Waals surface area contributed by atoms with E-state index in [-0.39, 0.29) is 0 Å². The second-order valence-electron chi connectivity index (χ2n) is 4.31. The van der Waals surface area contributed by atoms with Gasteiger partial charge in [-0.3, -0.25) is 0 Å². The number of hydrogen-bond acceptors (Lipinski definition) is 4. The van der Waals surface area contributed by atoms with Crippen LogP contribution in [0.1, 0.15) is 22.6 Å². The molecule has 1 heterocycles. The van der Waals surface area contributed by atoms with Crippen LogP contribution in [0.4, 0.5) is 5.69 Å². The van der Waals surface area contributed by atoms with Gasteiger partial charge in [0.05, 0.1) is 12.2 Å². The third-order valence-corrected chi connectivity index (χ3v) is 3.04. The van der Waals surface area contributed by atoms with Crippen molar-refractivity contribution in [2.45, 2.75) is 20.4 Å². The topological polar surface area (TPSA) is 63.8 Å². The first-order chi connectivity index (χ1) is 9.08. The lowest BCUT2D eigenvalue weighted by molar-refractivity contribution is 0.954. The van der Waals surface area contributed by atoms with Crippen molar-refractivity contribution in [3.05, 3.63) is 53.1 Å². The van der Waals surface area contributed by atoms with Crippen LogP contribution < -0.4 is 11.1 Å². The zero-order chi connectivity index (χ0) is 13.8. The van der Waals surface area contributed by atoms with Crippen molar-refractivity contribution in [3.63, 3.8) is 0 Å². The minimum Gasteiger partial charge on any atom is -0.389 e. The van der Waals surface area contributed by atoms with Gasteiger partial charge in [-0.2, -0.15) is 0 Å². The van der Waals surface area contributed by atoms with Crippen LogP contribution >= 0.6 is 12.2 Å². The summed E-state index contributed by atoms with van der Waals surface area (Å²) in [4.78, 5) is 8.83. The first-order valence-electron chi connectivity index (χ1n) is 5.99. The molecular weight excluding hydrogens is 256 g/mol. The maximum absolute atomic E-state index is 5.74. The minimum atomic E-state index is 0.394. The van der Waals surface area contributed by atoms with Gasteiger partial charge in [-0.15, -0.1) is 0 Å². The molecular formula is C14H16N4S. The number of rotatable bonds is 4. The Bertz CT molecular complexity index is 610. The van der Waals surface area contributed by atoms with E-state index in [9.17, 15) is 0 Å². The Balaban J connectivity index is 2.22. The molecule has 0 saturated heterocycles. The van der Waals surface area contributed by atoms with E-state index in [0.717, 1.165) is 28.3 Å². The van der Waals surface area contributed by atoms with Gasteiger partial charge in [0.2, 0.25) is 0 Å². The molecule has 0 radical (unpaired) electrons. The molecule has 0 bridgehead atoms. The highest BCUT2D eigenvalue weighted by molar-refractivity contribution is 7.80. The maximum atomic E-state index is 5.74. The van der Waals surface area contributed by atoms with Crippen LogP contribution in [0.3, 0.4) is 0 Å². The molecule has 0 aliphatic carbocycles. The van der Waals surface area contributed by atoms with Crippen LogP contribution in [0.25, 0.3) is 0 Å². The first kappa shape index (κ1) is 13.4. The molecule has 0 amide bonds. The molecule has 0 unspecified atom stereocenters. The van der Waals surface area contributed by atoms with E-state index in [4.69, 9.17) is 18.0 Å². The summed E-state index contributed by atoms with van der Waals surface area (Å²) in [6.07, 6.45) is 1.76. The van der Waals surface area contributed by atoms with Crippen molar-refractivity contribution in [2.75, 3.05) is 5.32 Å². The molecule has 0 aliphatic heterocycles. The number of para-hydroxylation sites is 1. The zero-order valence-electron chi connectivity index (χ0n) is 11.0. The minimum absolute atomic E-state index is 0.394.